The van der Waals surface area contributed by atoms with E-state index in [1.54, 1.807) is 24.3 Å². The molecule has 1 aromatic rings. The molecule has 6 nitrogen and oxygen atoms in total. The lowest BCUT2D eigenvalue weighted by Crippen LogP contribution is -2.23. The lowest BCUT2D eigenvalue weighted by Gasteiger charge is -2.11. The average Bonchev–Trinajstić information content (AvgIpc) is 3.14. The van der Waals surface area contributed by atoms with E-state index >= 15 is 0 Å². The van der Waals surface area contributed by atoms with Gasteiger partial charge in [0.25, 0.3) is 0 Å². The van der Waals surface area contributed by atoms with Crippen molar-refractivity contribution in [1.29, 1.82) is 0 Å². The van der Waals surface area contributed by atoms with Crippen LogP contribution in [0.25, 0.3) is 5.76 Å². The number of ether oxygens (including phenoxy) is 2. The molecular formula is C17H14O6S. The standard InChI is InChI=1S/C17H14O6S/c1-22-16(20)10-7-24-15(11(10)17(21)23-2)12-13(18)8-5-3-4-6-9(8)14(12)19/h3-6,10,18H,7H2,1-2H3. The molecule has 1 aliphatic heterocycles. The van der Waals surface area contributed by atoms with Crippen LogP contribution in [0.1, 0.15) is 15.9 Å². The number of fused-ring (bicyclic) bond motifs is 1. The molecule has 0 saturated carbocycles. The van der Waals surface area contributed by atoms with E-state index in [9.17, 15) is 19.5 Å². The molecule has 0 fully saturated rings. The summed E-state index contributed by atoms with van der Waals surface area (Å²) >= 11 is 1.16. The van der Waals surface area contributed by atoms with Gasteiger partial charge in [0.2, 0.25) is 0 Å². The number of ketones is 1. The van der Waals surface area contributed by atoms with E-state index in [4.69, 9.17) is 9.47 Å². The number of Topliss-reactive ketones (excluding diaryl/α,β-unsaturated/α-hetero) is 1. The highest BCUT2D eigenvalue weighted by molar-refractivity contribution is 8.03. The Bertz CT molecular complexity index is 820. The highest BCUT2D eigenvalue weighted by atomic mass is 32.2. The normalized spacial score (nSPS) is 19.6. The van der Waals surface area contributed by atoms with Gasteiger partial charge < -0.3 is 14.6 Å². The SMILES string of the molecule is COC(=O)C1=C(C2=C(O)c3ccccc3C2=O)SCC1C(=O)OC. The van der Waals surface area contributed by atoms with Gasteiger partial charge >= 0.3 is 11.9 Å². The fourth-order valence-electron chi connectivity index (χ4n) is 2.84. The van der Waals surface area contributed by atoms with Crippen LogP contribution >= 0.6 is 11.8 Å². The van der Waals surface area contributed by atoms with E-state index in [-0.39, 0.29) is 33.3 Å². The smallest absolute Gasteiger partial charge is 0.335 e. The summed E-state index contributed by atoms with van der Waals surface area (Å²) in [6.45, 7) is 0. The van der Waals surface area contributed by atoms with Crippen molar-refractivity contribution in [1.82, 2.24) is 0 Å². The zero-order chi connectivity index (χ0) is 17.4. The maximum Gasteiger partial charge on any atom is 0.335 e. The Hall–Kier alpha value is -2.54. The van der Waals surface area contributed by atoms with Crippen molar-refractivity contribution in [3.8, 4) is 0 Å². The number of allylic oxidation sites excluding steroid dienone is 1. The number of rotatable bonds is 3. The largest absolute Gasteiger partial charge is 0.506 e. The zero-order valence-electron chi connectivity index (χ0n) is 13.0. The molecule has 1 aliphatic carbocycles. The van der Waals surface area contributed by atoms with E-state index in [1.165, 1.54) is 14.2 Å². The van der Waals surface area contributed by atoms with Crippen LogP contribution in [0.2, 0.25) is 0 Å². The van der Waals surface area contributed by atoms with Crippen LogP contribution in [0.4, 0.5) is 0 Å². The van der Waals surface area contributed by atoms with E-state index < -0.39 is 17.9 Å². The second kappa shape index (κ2) is 6.16. The molecule has 1 unspecified atom stereocenters. The molecule has 0 spiro atoms. The van der Waals surface area contributed by atoms with Crippen molar-refractivity contribution in [2.75, 3.05) is 20.0 Å². The third kappa shape index (κ3) is 2.32. The molecule has 24 heavy (non-hydrogen) atoms. The topological polar surface area (TPSA) is 89.9 Å². The lowest BCUT2D eigenvalue weighted by molar-refractivity contribution is -0.146. The van der Waals surface area contributed by atoms with E-state index in [0.717, 1.165) is 11.8 Å². The van der Waals surface area contributed by atoms with Gasteiger partial charge in [0.15, 0.2) is 5.78 Å². The van der Waals surface area contributed by atoms with Crippen molar-refractivity contribution >= 4 is 35.2 Å². The Labute approximate surface area is 142 Å². The number of aliphatic hydroxyl groups excluding tert-OH is 1. The van der Waals surface area contributed by atoms with Crippen molar-refractivity contribution in [2.45, 2.75) is 0 Å². The minimum atomic E-state index is -0.834. The number of carbonyl (C=O) groups is 3. The molecular weight excluding hydrogens is 332 g/mol. The number of thioether (sulfide) groups is 1. The summed E-state index contributed by atoms with van der Waals surface area (Å²) in [6.07, 6.45) is 0. The number of carbonyl (C=O) groups excluding carboxylic acids is 3. The van der Waals surface area contributed by atoms with Crippen molar-refractivity contribution in [3.63, 3.8) is 0 Å². The quantitative estimate of drug-likeness (QED) is 0.838. The number of esters is 2. The van der Waals surface area contributed by atoms with E-state index in [2.05, 4.69) is 0 Å². The first-order chi connectivity index (χ1) is 11.5. The highest BCUT2D eigenvalue weighted by Crippen LogP contribution is 2.46. The summed E-state index contributed by atoms with van der Waals surface area (Å²) in [5, 5.41) is 10.5. The molecule has 3 rings (SSSR count). The molecule has 0 bridgehead atoms. The van der Waals surface area contributed by atoms with Crippen LogP contribution in [-0.4, -0.2) is 42.8 Å². The number of hydrogen-bond donors (Lipinski definition) is 1. The second-order valence-electron chi connectivity index (χ2n) is 5.22. The van der Waals surface area contributed by atoms with Gasteiger partial charge in [-0.1, -0.05) is 24.3 Å². The molecule has 1 aromatic carbocycles. The summed E-state index contributed by atoms with van der Waals surface area (Å²) in [5.41, 5.74) is 0.866. The number of benzene rings is 1. The fraction of sp³-hybridized carbons (Fsp3) is 0.235. The molecule has 2 aliphatic rings. The van der Waals surface area contributed by atoms with Gasteiger partial charge in [-0.2, -0.15) is 0 Å². The number of hydrogen-bond acceptors (Lipinski definition) is 7. The first kappa shape index (κ1) is 16.3. The highest BCUT2D eigenvalue weighted by Gasteiger charge is 2.43. The Kier molecular flexibility index (Phi) is 4.19. The molecule has 1 atom stereocenters. The second-order valence-corrected chi connectivity index (χ2v) is 6.25. The Morgan fingerprint density at radius 2 is 1.83 bits per heavy atom. The van der Waals surface area contributed by atoms with Crippen molar-refractivity contribution in [3.05, 3.63) is 51.4 Å². The van der Waals surface area contributed by atoms with Gasteiger partial charge in [-0.15, -0.1) is 11.8 Å². The first-order valence-corrected chi connectivity index (χ1v) is 8.10. The summed E-state index contributed by atoms with van der Waals surface area (Å²) in [5.74, 6) is -2.45. The van der Waals surface area contributed by atoms with E-state index in [0.29, 0.717) is 11.1 Å². The summed E-state index contributed by atoms with van der Waals surface area (Å²) in [7, 11) is 2.43. The zero-order valence-corrected chi connectivity index (χ0v) is 13.8. The molecule has 1 heterocycles. The van der Waals surface area contributed by atoms with Crippen molar-refractivity contribution < 1.29 is 29.0 Å². The summed E-state index contributed by atoms with van der Waals surface area (Å²) < 4.78 is 9.49. The number of methoxy groups -OCH3 is 2. The Balaban J connectivity index is 2.17. The first-order valence-electron chi connectivity index (χ1n) is 7.12. The molecule has 0 saturated heterocycles. The molecule has 0 aromatic heterocycles. The fourth-order valence-corrected chi connectivity index (χ4v) is 4.19. The van der Waals surface area contributed by atoms with Gasteiger partial charge in [0, 0.05) is 21.8 Å². The van der Waals surface area contributed by atoms with Crippen LogP contribution in [0.3, 0.4) is 0 Å². The maximum atomic E-state index is 12.7. The Morgan fingerprint density at radius 1 is 1.17 bits per heavy atom. The van der Waals surface area contributed by atoms with E-state index in [1.807, 2.05) is 0 Å². The Morgan fingerprint density at radius 3 is 2.42 bits per heavy atom. The third-order valence-electron chi connectivity index (χ3n) is 4.00. The van der Waals surface area contributed by atoms with Crippen molar-refractivity contribution in [2.24, 2.45) is 5.92 Å². The number of aliphatic hydroxyl groups is 1. The van der Waals surface area contributed by atoms with Gasteiger partial charge in [-0.3, -0.25) is 9.59 Å². The van der Waals surface area contributed by atoms with Gasteiger partial charge in [-0.25, -0.2) is 4.79 Å². The monoisotopic (exact) mass is 346 g/mol. The van der Waals surface area contributed by atoms with Gasteiger partial charge in [0.05, 0.1) is 31.3 Å². The molecule has 0 radical (unpaired) electrons. The average molecular weight is 346 g/mol. The predicted molar refractivity (Wildman–Crippen MR) is 87.3 cm³/mol. The van der Waals surface area contributed by atoms with Crippen LogP contribution in [0.5, 0.6) is 0 Å². The minimum Gasteiger partial charge on any atom is -0.506 e. The molecule has 7 heteroatoms. The van der Waals surface area contributed by atoms with Crippen LogP contribution in [0.15, 0.2) is 40.3 Å². The minimum absolute atomic E-state index is 0.0352. The molecule has 0 amide bonds. The lowest BCUT2D eigenvalue weighted by atomic mass is 9.97. The third-order valence-corrected chi connectivity index (χ3v) is 5.21. The van der Waals surface area contributed by atoms with Crippen LogP contribution in [0, 0.1) is 5.92 Å². The van der Waals surface area contributed by atoms with Gasteiger partial charge in [-0.05, 0) is 0 Å². The summed E-state index contributed by atoms with van der Waals surface area (Å²) in [6, 6.07) is 6.64. The molecule has 124 valence electrons. The predicted octanol–water partition coefficient (Wildman–Crippen LogP) is 2.12. The maximum absolute atomic E-state index is 12.7. The molecule has 1 N–H and O–H groups in total. The summed E-state index contributed by atoms with van der Waals surface area (Å²) in [4.78, 5) is 37.1. The van der Waals surface area contributed by atoms with Gasteiger partial charge in [0.1, 0.15) is 5.76 Å². The van der Waals surface area contributed by atoms with Crippen LogP contribution < -0.4 is 0 Å². The van der Waals surface area contributed by atoms with Crippen LogP contribution in [-0.2, 0) is 19.1 Å².